The lowest BCUT2D eigenvalue weighted by Crippen LogP contribution is -2.21. The van der Waals surface area contributed by atoms with E-state index < -0.39 is 0 Å². The number of rotatable bonds is 6. The Morgan fingerprint density at radius 2 is 2.25 bits per heavy atom. The molecule has 0 aliphatic carbocycles. The second-order valence-corrected chi connectivity index (χ2v) is 5.35. The van der Waals surface area contributed by atoms with Gasteiger partial charge in [0.05, 0.1) is 29.5 Å². The molecule has 1 unspecified atom stereocenters. The van der Waals surface area contributed by atoms with Crippen molar-refractivity contribution >= 4 is 15.9 Å². The maximum Gasteiger partial charge on any atom is 0.133 e. The van der Waals surface area contributed by atoms with Crippen molar-refractivity contribution in [1.82, 2.24) is 20.3 Å². The van der Waals surface area contributed by atoms with Crippen molar-refractivity contribution in [3.8, 4) is 5.75 Å². The SMILES string of the molecule is CCCn1nncc1C(NC)c1ccc(OC)c(Br)c1. The van der Waals surface area contributed by atoms with Crippen molar-refractivity contribution in [2.75, 3.05) is 14.2 Å². The third-order valence-electron chi connectivity index (χ3n) is 3.18. The molecule has 108 valence electrons. The van der Waals surface area contributed by atoms with Crippen molar-refractivity contribution in [2.24, 2.45) is 0 Å². The Balaban J connectivity index is 2.36. The van der Waals surface area contributed by atoms with Gasteiger partial charge in [-0.25, -0.2) is 4.68 Å². The van der Waals surface area contributed by atoms with Gasteiger partial charge in [0.15, 0.2) is 0 Å². The van der Waals surface area contributed by atoms with Crippen molar-refractivity contribution in [3.05, 3.63) is 40.1 Å². The van der Waals surface area contributed by atoms with E-state index in [4.69, 9.17) is 4.74 Å². The molecule has 0 saturated heterocycles. The lowest BCUT2D eigenvalue weighted by molar-refractivity contribution is 0.411. The zero-order chi connectivity index (χ0) is 14.5. The monoisotopic (exact) mass is 338 g/mol. The first-order valence-corrected chi connectivity index (χ1v) is 7.39. The van der Waals surface area contributed by atoms with E-state index in [1.165, 1.54) is 0 Å². The number of halogens is 1. The lowest BCUT2D eigenvalue weighted by Gasteiger charge is -2.18. The summed E-state index contributed by atoms with van der Waals surface area (Å²) in [5, 5.41) is 11.5. The molecular formula is C14H19BrN4O. The largest absolute Gasteiger partial charge is 0.496 e. The molecule has 6 heteroatoms. The minimum atomic E-state index is 0.0544. The number of hydrogen-bond donors (Lipinski definition) is 1. The van der Waals surface area contributed by atoms with Crippen LogP contribution in [0.1, 0.15) is 30.6 Å². The molecule has 0 bridgehead atoms. The van der Waals surface area contributed by atoms with E-state index in [0.717, 1.165) is 34.4 Å². The number of hydrogen-bond acceptors (Lipinski definition) is 4. The summed E-state index contributed by atoms with van der Waals surface area (Å²) in [5.41, 5.74) is 2.20. The predicted octanol–water partition coefficient (Wildman–Crippen LogP) is 2.77. The highest BCUT2D eigenvalue weighted by atomic mass is 79.9. The summed E-state index contributed by atoms with van der Waals surface area (Å²) in [6, 6.07) is 6.12. The third kappa shape index (κ3) is 3.02. The summed E-state index contributed by atoms with van der Waals surface area (Å²) >= 11 is 3.53. The van der Waals surface area contributed by atoms with Gasteiger partial charge in [0.25, 0.3) is 0 Å². The molecule has 1 aromatic carbocycles. The molecular weight excluding hydrogens is 320 g/mol. The summed E-state index contributed by atoms with van der Waals surface area (Å²) in [7, 11) is 3.60. The summed E-state index contributed by atoms with van der Waals surface area (Å²) in [4.78, 5) is 0. The molecule has 20 heavy (non-hydrogen) atoms. The van der Waals surface area contributed by atoms with Crippen LogP contribution in [-0.4, -0.2) is 29.2 Å². The molecule has 0 saturated carbocycles. The standard InChI is InChI=1S/C14H19BrN4O/c1-4-7-19-12(9-17-18-19)14(16-2)10-5-6-13(20-3)11(15)8-10/h5-6,8-9,14,16H,4,7H2,1-3H3. The van der Waals surface area contributed by atoms with Gasteiger partial charge < -0.3 is 10.1 Å². The van der Waals surface area contributed by atoms with Crippen LogP contribution in [0, 0.1) is 0 Å². The van der Waals surface area contributed by atoms with E-state index in [2.05, 4.69) is 44.5 Å². The van der Waals surface area contributed by atoms with Gasteiger partial charge in [0.1, 0.15) is 5.75 Å². The minimum Gasteiger partial charge on any atom is -0.496 e. The van der Waals surface area contributed by atoms with Crippen molar-refractivity contribution < 1.29 is 4.74 Å². The summed E-state index contributed by atoms with van der Waals surface area (Å²) in [5.74, 6) is 0.823. The number of nitrogens with one attached hydrogen (secondary N) is 1. The molecule has 0 fully saturated rings. The van der Waals surface area contributed by atoms with Crippen LogP contribution in [0.3, 0.4) is 0 Å². The molecule has 0 spiro atoms. The summed E-state index contributed by atoms with van der Waals surface area (Å²) < 4.78 is 8.15. The molecule has 0 radical (unpaired) electrons. The summed E-state index contributed by atoms with van der Waals surface area (Å²) in [6.07, 6.45) is 2.84. The minimum absolute atomic E-state index is 0.0544. The van der Waals surface area contributed by atoms with Crippen LogP contribution < -0.4 is 10.1 Å². The molecule has 5 nitrogen and oxygen atoms in total. The van der Waals surface area contributed by atoms with Gasteiger partial charge in [-0.2, -0.15) is 0 Å². The van der Waals surface area contributed by atoms with Gasteiger partial charge in [0, 0.05) is 6.54 Å². The van der Waals surface area contributed by atoms with Crippen molar-refractivity contribution in [3.63, 3.8) is 0 Å². The Kier molecular flexibility index (Phi) is 5.14. The molecule has 0 aliphatic rings. The fraction of sp³-hybridized carbons (Fsp3) is 0.429. The number of nitrogens with zero attached hydrogens (tertiary/aromatic N) is 3. The molecule has 0 amide bonds. The fourth-order valence-electron chi connectivity index (χ4n) is 2.22. The van der Waals surface area contributed by atoms with E-state index in [1.807, 2.05) is 30.1 Å². The first-order valence-electron chi connectivity index (χ1n) is 6.60. The molecule has 2 aromatic rings. The van der Waals surface area contributed by atoms with Gasteiger partial charge >= 0.3 is 0 Å². The maximum absolute atomic E-state index is 5.27. The number of ether oxygens (including phenoxy) is 1. The van der Waals surface area contributed by atoms with Gasteiger partial charge in [-0.1, -0.05) is 18.2 Å². The molecule has 1 atom stereocenters. The molecule has 1 heterocycles. The normalized spacial score (nSPS) is 12.4. The van der Waals surface area contributed by atoms with Gasteiger partial charge in [0.2, 0.25) is 0 Å². The van der Waals surface area contributed by atoms with E-state index in [0.29, 0.717) is 0 Å². The van der Waals surface area contributed by atoms with Crippen LogP contribution in [0.2, 0.25) is 0 Å². The number of methoxy groups -OCH3 is 1. The molecule has 1 N–H and O–H groups in total. The first-order chi connectivity index (χ1) is 9.71. The molecule has 0 aliphatic heterocycles. The number of aryl methyl sites for hydroxylation is 1. The van der Waals surface area contributed by atoms with Gasteiger partial charge in [-0.15, -0.1) is 5.10 Å². The Labute approximate surface area is 127 Å². The average molecular weight is 339 g/mol. The third-order valence-corrected chi connectivity index (χ3v) is 3.80. The van der Waals surface area contributed by atoms with Crippen LogP contribution in [0.4, 0.5) is 0 Å². The zero-order valence-electron chi connectivity index (χ0n) is 11.9. The number of aromatic nitrogens is 3. The molecule has 1 aromatic heterocycles. The van der Waals surface area contributed by atoms with Crippen molar-refractivity contribution in [1.29, 1.82) is 0 Å². The smallest absolute Gasteiger partial charge is 0.133 e. The fourth-order valence-corrected chi connectivity index (χ4v) is 2.78. The average Bonchev–Trinajstić information content (AvgIpc) is 2.89. The quantitative estimate of drug-likeness (QED) is 0.879. The second-order valence-electron chi connectivity index (χ2n) is 4.50. The van der Waals surface area contributed by atoms with E-state index in [-0.39, 0.29) is 6.04 Å². The highest BCUT2D eigenvalue weighted by molar-refractivity contribution is 9.10. The van der Waals surface area contributed by atoms with Crippen LogP contribution in [0.15, 0.2) is 28.9 Å². The Morgan fingerprint density at radius 3 is 2.85 bits per heavy atom. The summed E-state index contributed by atoms with van der Waals surface area (Å²) in [6.45, 7) is 2.99. The van der Waals surface area contributed by atoms with Crippen LogP contribution in [0.5, 0.6) is 5.75 Å². The van der Waals surface area contributed by atoms with Gasteiger partial charge in [-0.3, -0.25) is 0 Å². The van der Waals surface area contributed by atoms with Crippen LogP contribution in [-0.2, 0) is 6.54 Å². The Hall–Kier alpha value is -1.40. The van der Waals surface area contributed by atoms with E-state index in [1.54, 1.807) is 7.11 Å². The Bertz CT molecular complexity index is 570. The Morgan fingerprint density at radius 1 is 1.45 bits per heavy atom. The van der Waals surface area contributed by atoms with Crippen molar-refractivity contribution in [2.45, 2.75) is 25.9 Å². The zero-order valence-corrected chi connectivity index (χ0v) is 13.5. The van der Waals surface area contributed by atoms with Crippen LogP contribution >= 0.6 is 15.9 Å². The van der Waals surface area contributed by atoms with E-state index in [9.17, 15) is 0 Å². The lowest BCUT2D eigenvalue weighted by atomic mass is 10.0. The maximum atomic E-state index is 5.27. The first kappa shape index (κ1) is 15.0. The topological polar surface area (TPSA) is 52.0 Å². The number of benzene rings is 1. The second kappa shape index (κ2) is 6.85. The predicted molar refractivity (Wildman–Crippen MR) is 81.9 cm³/mol. The highest BCUT2D eigenvalue weighted by Crippen LogP contribution is 2.30. The van der Waals surface area contributed by atoms with E-state index >= 15 is 0 Å². The van der Waals surface area contributed by atoms with Gasteiger partial charge in [-0.05, 0) is 47.1 Å². The van der Waals surface area contributed by atoms with Crippen LogP contribution in [0.25, 0.3) is 0 Å². The molecule has 2 rings (SSSR count). The highest BCUT2D eigenvalue weighted by Gasteiger charge is 2.18.